The number of hydrogen-bond acceptors (Lipinski definition) is 1. The van der Waals surface area contributed by atoms with Gasteiger partial charge < -0.3 is 0 Å². The average molecular weight is 271 g/mol. The van der Waals surface area contributed by atoms with E-state index in [1.54, 1.807) is 0 Å². The lowest BCUT2D eigenvalue weighted by Crippen LogP contribution is -1.85. The first-order valence-corrected chi connectivity index (χ1v) is 5.82. The third kappa shape index (κ3) is 1.77. The molecule has 14 heavy (non-hydrogen) atoms. The van der Waals surface area contributed by atoms with Gasteiger partial charge in [-0.15, -0.1) is 0 Å². The molecule has 0 aliphatic carbocycles. The molecule has 1 nitrogen and oxygen atoms in total. The number of pyridine rings is 1. The van der Waals surface area contributed by atoms with Gasteiger partial charge in [-0.3, -0.25) is 0 Å². The van der Waals surface area contributed by atoms with Crippen molar-refractivity contribution < 1.29 is 0 Å². The number of rotatable bonds is 1. The number of aryl methyl sites for hydroxylation is 1. The van der Waals surface area contributed by atoms with E-state index in [-0.39, 0.29) is 0 Å². The van der Waals surface area contributed by atoms with Crippen LogP contribution in [0.2, 0.25) is 5.15 Å². The van der Waals surface area contributed by atoms with Gasteiger partial charge in [0.25, 0.3) is 0 Å². The molecule has 0 amide bonds. The molecule has 2 aromatic rings. The van der Waals surface area contributed by atoms with Crippen molar-refractivity contribution in [2.45, 2.75) is 12.3 Å². The van der Waals surface area contributed by atoms with E-state index < -0.39 is 0 Å². The van der Waals surface area contributed by atoms with E-state index in [1.165, 1.54) is 5.56 Å². The highest BCUT2D eigenvalue weighted by Gasteiger charge is 2.01. The van der Waals surface area contributed by atoms with Crippen LogP contribution in [0.1, 0.15) is 11.1 Å². The maximum absolute atomic E-state index is 5.94. The van der Waals surface area contributed by atoms with Crippen LogP contribution in [0.3, 0.4) is 0 Å². The summed E-state index contributed by atoms with van der Waals surface area (Å²) in [4.78, 5) is 4.30. The summed E-state index contributed by atoms with van der Waals surface area (Å²) in [6.07, 6.45) is 0. The van der Waals surface area contributed by atoms with E-state index in [9.17, 15) is 0 Å². The fourth-order valence-electron chi connectivity index (χ4n) is 1.39. The Morgan fingerprint density at radius 1 is 1.36 bits per heavy atom. The SMILES string of the molecule is Cc1cc2cc(CBr)ccc2nc1Cl. The number of fused-ring (bicyclic) bond motifs is 1. The van der Waals surface area contributed by atoms with Crippen molar-refractivity contribution in [3.63, 3.8) is 0 Å². The number of nitrogens with zero attached hydrogens (tertiary/aromatic N) is 1. The Bertz CT molecular complexity index is 482. The van der Waals surface area contributed by atoms with E-state index >= 15 is 0 Å². The molecule has 3 heteroatoms. The van der Waals surface area contributed by atoms with Crippen molar-refractivity contribution in [3.8, 4) is 0 Å². The zero-order valence-electron chi connectivity index (χ0n) is 7.72. The third-order valence-corrected chi connectivity index (χ3v) is 3.19. The van der Waals surface area contributed by atoms with E-state index in [0.29, 0.717) is 5.15 Å². The maximum atomic E-state index is 5.94. The summed E-state index contributed by atoms with van der Waals surface area (Å²) in [5.41, 5.74) is 3.22. The van der Waals surface area contributed by atoms with Crippen molar-refractivity contribution in [1.82, 2.24) is 4.98 Å². The average Bonchev–Trinajstić information content (AvgIpc) is 2.19. The molecular formula is C11H9BrClN. The first-order chi connectivity index (χ1) is 6.70. The van der Waals surface area contributed by atoms with Gasteiger partial charge in [0.1, 0.15) is 5.15 Å². The molecule has 0 spiro atoms. The van der Waals surface area contributed by atoms with Gasteiger partial charge in [0.2, 0.25) is 0 Å². The predicted octanol–water partition coefficient (Wildman–Crippen LogP) is 4.09. The lowest BCUT2D eigenvalue weighted by Gasteiger charge is -2.03. The topological polar surface area (TPSA) is 12.9 Å². The second-order valence-electron chi connectivity index (χ2n) is 3.26. The summed E-state index contributed by atoms with van der Waals surface area (Å²) in [7, 11) is 0. The van der Waals surface area contributed by atoms with Crippen LogP contribution in [0.25, 0.3) is 10.9 Å². The van der Waals surface area contributed by atoms with E-state index in [4.69, 9.17) is 11.6 Å². The third-order valence-electron chi connectivity index (χ3n) is 2.16. The van der Waals surface area contributed by atoms with Crippen LogP contribution in [0.15, 0.2) is 24.3 Å². The van der Waals surface area contributed by atoms with Gasteiger partial charge in [0, 0.05) is 10.7 Å². The van der Waals surface area contributed by atoms with Gasteiger partial charge in [0.05, 0.1) is 5.52 Å². The van der Waals surface area contributed by atoms with Crippen LogP contribution in [0.5, 0.6) is 0 Å². The van der Waals surface area contributed by atoms with Crippen LogP contribution in [0, 0.1) is 6.92 Å². The van der Waals surface area contributed by atoms with Gasteiger partial charge in [-0.25, -0.2) is 4.98 Å². The lowest BCUT2D eigenvalue weighted by molar-refractivity contribution is 1.32. The van der Waals surface area contributed by atoms with Crippen LogP contribution in [0.4, 0.5) is 0 Å². The molecule has 0 aliphatic rings. The van der Waals surface area contributed by atoms with Crippen LogP contribution >= 0.6 is 27.5 Å². The summed E-state index contributed by atoms with van der Waals surface area (Å²) in [5.74, 6) is 0. The Hall–Kier alpha value is -0.600. The van der Waals surface area contributed by atoms with Crippen molar-refractivity contribution in [2.24, 2.45) is 0 Å². The molecule has 0 bridgehead atoms. The molecule has 1 aromatic heterocycles. The second kappa shape index (κ2) is 3.87. The monoisotopic (exact) mass is 269 g/mol. The maximum Gasteiger partial charge on any atom is 0.132 e. The minimum Gasteiger partial charge on any atom is -0.236 e. The van der Waals surface area contributed by atoms with E-state index in [1.807, 2.05) is 13.0 Å². The molecule has 2 rings (SSSR count). The molecule has 0 atom stereocenters. The fraction of sp³-hybridized carbons (Fsp3) is 0.182. The summed E-state index contributed by atoms with van der Waals surface area (Å²) >= 11 is 9.37. The van der Waals surface area contributed by atoms with Crippen LogP contribution in [-0.2, 0) is 5.33 Å². The van der Waals surface area contributed by atoms with Gasteiger partial charge in [-0.05, 0) is 36.2 Å². The molecule has 1 heterocycles. The summed E-state index contributed by atoms with van der Waals surface area (Å²) < 4.78 is 0. The van der Waals surface area contributed by atoms with E-state index in [2.05, 4.69) is 39.1 Å². The molecule has 0 saturated carbocycles. The fourth-order valence-corrected chi connectivity index (χ4v) is 1.89. The number of halogens is 2. The molecule has 0 fully saturated rings. The highest BCUT2D eigenvalue weighted by Crippen LogP contribution is 2.21. The molecule has 0 N–H and O–H groups in total. The van der Waals surface area contributed by atoms with Crippen molar-refractivity contribution in [2.75, 3.05) is 0 Å². The normalized spacial score (nSPS) is 10.8. The van der Waals surface area contributed by atoms with Gasteiger partial charge in [-0.2, -0.15) is 0 Å². The zero-order chi connectivity index (χ0) is 10.1. The Balaban J connectivity index is 2.70. The van der Waals surface area contributed by atoms with Crippen LogP contribution < -0.4 is 0 Å². The standard InChI is InChI=1S/C11H9BrClN/c1-7-4-9-5-8(6-12)2-3-10(9)14-11(7)13/h2-5H,6H2,1H3. The number of aromatic nitrogens is 1. The number of alkyl halides is 1. The highest BCUT2D eigenvalue weighted by molar-refractivity contribution is 9.08. The minimum absolute atomic E-state index is 0.587. The number of benzene rings is 1. The highest BCUT2D eigenvalue weighted by atomic mass is 79.9. The van der Waals surface area contributed by atoms with Crippen LogP contribution in [-0.4, -0.2) is 4.98 Å². The lowest BCUT2D eigenvalue weighted by atomic mass is 10.1. The molecule has 1 aromatic carbocycles. The van der Waals surface area contributed by atoms with Crippen molar-refractivity contribution in [1.29, 1.82) is 0 Å². The molecule has 0 aliphatic heterocycles. The van der Waals surface area contributed by atoms with Gasteiger partial charge in [0.15, 0.2) is 0 Å². The van der Waals surface area contributed by atoms with Gasteiger partial charge >= 0.3 is 0 Å². The zero-order valence-corrected chi connectivity index (χ0v) is 10.1. The summed E-state index contributed by atoms with van der Waals surface area (Å²) in [6.45, 7) is 1.97. The largest absolute Gasteiger partial charge is 0.236 e. The first kappa shape index (κ1) is 9.94. The number of hydrogen-bond donors (Lipinski definition) is 0. The Morgan fingerprint density at radius 2 is 2.14 bits per heavy atom. The van der Waals surface area contributed by atoms with Crippen molar-refractivity contribution >= 4 is 38.4 Å². The predicted molar refractivity (Wildman–Crippen MR) is 64.1 cm³/mol. The second-order valence-corrected chi connectivity index (χ2v) is 4.18. The molecular weight excluding hydrogens is 261 g/mol. The Labute approximate surface area is 96.2 Å². The Kier molecular flexibility index (Phi) is 2.75. The summed E-state index contributed by atoms with van der Waals surface area (Å²) in [5, 5.41) is 2.60. The van der Waals surface area contributed by atoms with Crippen molar-refractivity contribution in [3.05, 3.63) is 40.5 Å². The minimum atomic E-state index is 0.587. The van der Waals surface area contributed by atoms with E-state index in [0.717, 1.165) is 21.8 Å². The molecule has 0 radical (unpaired) electrons. The smallest absolute Gasteiger partial charge is 0.132 e. The first-order valence-electron chi connectivity index (χ1n) is 4.32. The Morgan fingerprint density at radius 3 is 2.86 bits per heavy atom. The molecule has 0 saturated heterocycles. The molecule has 72 valence electrons. The van der Waals surface area contributed by atoms with Gasteiger partial charge in [-0.1, -0.05) is 33.6 Å². The summed E-state index contributed by atoms with van der Waals surface area (Å²) in [6, 6.07) is 8.24. The quantitative estimate of drug-likeness (QED) is 0.562. The molecule has 0 unspecified atom stereocenters.